The Labute approximate surface area is 103 Å². The molecule has 1 aliphatic rings. The summed E-state index contributed by atoms with van der Waals surface area (Å²) in [6.45, 7) is 5.31. The maximum atomic E-state index is 4.41. The Bertz CT molecular complexity index is 379. The SMILES string of the molecule is CCC1(CNc2cc(C)nc(NC)n2)CCC1. The quantitative estimate of drug-likeness (QED) is 0.822. The van der Waals surface area contributed by atoms with E-state index in [1.165, 1.54) is 25.7 Å². The van der Waals surface area contributed by atoms with E-state index in [0.29, 0.717) is 11.4 Å². The van der Waals surface area contributed by atoms with Crippen LogP contribution in [0.5, 0.6) is 0 Å². The molecule has 0 amide bonds. The van der Waals surface area contributed by atoms with Crippen LogP contribution in [0, 0.1) is 12.3 Å². The van der Waals surface area contributed by atoms with Crippen molar-refractivity contribution in [3.8, 4) is 0 Å². The van der Waals surface area contributed by atoms with Gasteiger partial charge in [0.15, 0.2) is 0 Å². The normalized spacial score (nSPS) is 17.4. The first kappa shape index (κ1) is 12.1. The molecule has 1 aromatic rings. The topological polar surface area (TPSA) is 49.8 Å². The monoisotopic (exact) mass is 234 g/mol. The third kappa shape index (κ3) is 2.68. The highest BCUT2D eigenvalue weighted by Gasteiger charge is 2.34. The van der Waals surface area contributed by atoms with Crippen LogP contribution < -0.4 is 10.6 Å². The Kier molecular flexibility index (Phi) is 3.50. The number of hydrogen-bond acceptors (Lipinski definition) is 4. The van der Waals surface area contributed by atoms with E-state index in [1.807, 2.05) is 20.0 Å². The molecule has 0 radical (unpaired) electrons. The Balaban J connectivity index is 2.01. The fourth-order valence-corrected chi connectivity index (χ4v) is 2.38. The molecule has 0 spiro atoms. The lowest BCUT2D eigenvalue weighted by Gasteiger charge is -2.41. The summed E-state index contributed by atoms with van der Waals surface area (Å²) in [6, 6.07) is 2.00. The minimum absolute atomic E-state index is 0.513. The zero-order chi connectivity index (χ0) is 12.3. The molecule has 4 nitrogen and oxygen atoms in total. The van der Waals surface area contributed by atoms with E-state index >= 15 is 0 Å². The van der Waals surface area contributed by atoms with E-state index in [1.54, 1.807) is 0 Å². The molecule has 1 aromatic heterocycles. The van der Waals surface area contributed by atoms with E-state index < -0.39 is 0 Å². The number of hydrogen-bond donors (Lipinski definition) is 2. The first-order valence-electron chi connectivity index (χ1n) is 6.45. The smallest absolute Gasteiger partial charge is 0.224 e. The maximum Gasteiger partial charge on any atom is 0.224 e. The Morgan fingerprint density at radius 2 is 2.12 bits per heavy atom. The van der Waals surface area contributed by atoms with Gasteiger partial charge in [0.05, 0.1) is 0 Å². The molecular weight excluding hydrogens is 212 g/mol. The van der Waals surface area contributed by atoms with Crippen LogP contribution in [0.15, 0.2) is 6.07 Å². The maximum absolute atomic E-state index is 4.41. The highest BCUT2D eigenvalue weighted by Crippen LogP contribution is 2.43. The molecule has 1 heterocycles. The zero-order valence-corrected chi connectivity index (χ0v) is 11.0. The molecule has 2 rings (SSSR count). The minimum Gasteiger partial charge on any atom is -0.369 e. The Morgan fingerprint density at radius 3 is 2.65 bits per heavy atom. The molecule has 1 saturated carbocycles. The molecule has 1 fully saturated rings. The second-order valence-electron chi connectivity index (χ2n) is 5.03. The first-order chi connectivity index (χ1) is 8.17. The van der Waals surface area contributed by atoms with E-state index in [9.17, 15) is 0 Å². The van der Waals surface area contributed by atoms with E-state index in [4.69, 9.17) is 0 Å². The van der Waals surface area contributed by atoms with Crippen LogP contribution in [-0.2, 0) is 0 Å². The average molecular weight is 234 g/mol. The van der Waals surface area contributed by atoms with E-state index in [2.05, 4.69) is 27.5 Å². The summed E-state index contributed by atoms with van der Waals surface area (Å²) >= 11 is 0. The van der Waals surface area contributed by atoms with Crippen molar-refractivity contribution < 1.29 is 0 Å². The molecular formula is C13H22N4. The number of nitrogens with one attached hydrogen (secondary N) is 2. The number of aryl methyl sites for hydroxylation is 1. The van der Waals surface area contributed by atoms with Crippen LogP contribution >= 0.6 is 0 Å². The van der Waals surface area contributed by atoms with Crippen molar-refractivity contribution in [1.82, 2.24) is 9.97 Å². The lowest BCUT2D eigenvalue weighted by Crippen LogP contribution is -2.36. The van der Waals surface area contributed by atoms with Crippen molar-refractivity contribution in [3.63, 3.8) is 0 Å². The molecule has 0 atom stereocenters. The number of nitrogens with zero attached hydrogens (tertiary/aromatic N) is 2. The number of anilines is 2. The molecule has 94 valence electrons. The second-order valence-corrected chi connectivity index (χ2v) is 5.03. The van der Waals surface area contributed by atoms with Crippen molar-refractivity contribution in [1.29, 1.82) is 0 Å². The van der Waals surface area contributed by atoms with Crippen molar-refractivity contribution in [2.75, 3.05) is 24.2 Å². The van der Waals surface area contributed by atoms with Gasteiger partial charge in [0.25, 0.3) is 0 Å². The van der Waals surface area contributed by atoms with Gasteiger partial charge in [-0.25, -0.2) is 4.98 Å². The summed E-state index contributed by atoms with van der Waals surface area (Å²) in [4.78, 5) is 8.70. The fraction of sp³-hybridized carbons (Fsp3) is 0.692. The van der Waals surface area contributed by atoms with Gasteiger partial charge in [-0.2, -0.15) is 4.98 Å². The minimum atomic E-state index is 0.513. The van der Waals surface area contributed by atoms with Gasteiger partial charge in [0.2, 0.25) is 5.95 Å². The third-order valence-corrected chi connectivity index (χ3v) is 3.89. The van der Waals surface area contributed by atoms with Gasteiger partial charge in [0, 0.05) is 25.4 Å². The molecule has 0 unspecified atom stereocenters. The van der Waals surface area contributed by atoms with Crippen molar-refractivity contribution in [3.05, 3.63) is 11.8 Å². The third-order valence-electron chi connectivity index (χ3n) is 3.89. The summed E-state index contributed by atoms with van der Waals surface area (Å²) in [5.41, 5.74) is 1.50. The van der Waals surface area contributed by atoms with Crippen LogP contribution in [-0.4, -0.2) is 23.6 Å². The van der Waals surface area contributed by atoms with Crippen LogP contribution in [0.2, 0.25) is 0 Å². The summed E-state index contributed by atoms with van der Waals surface area (Å²) in [7, 11) is 1.85. The van der Waals surface area contributed by atoms with Gasteiger partial charge in [-0.15, -0.1) is 0 Å². The van der Waals surface area contributed by atoms with Crippen molar-refractivity contribution in [2.24, 2.45) is 5.41 Å². The van der Waals surface area contributed by atoms with Crippen LogP contribution in [0.4, 0.5) is 11.8 Å². The fourth-order valence-electron chi connectivity index (χ4n) is 2.38. The largest absolute Gasteiger partial charge is 0.369 e. The summed E-state index contributed by atoms with van der Waals surface area (Å²) in [6.07, 6.45) is 5.32. The van der Waals surface area contributed by atoms with Crippen molar-refractivity contribution >= 4 is 11.8 Å². The van der Waals surface area contributed by atoms with E-state index in [-0.39, 0.29) is 0 Å². The van der Waals surface area contributed by atoms with Crippen LogP contribution in [0.3, 0.4) is 0 Å². The highest BCUT2D eigenvalue weighted by atomic mass is 15.1. The predicted molar refractivity (Wildman–Crippen MR) is 71.4 cm³/mol. The second kappa shape index (κ2) is 4.90. The Hall–Kier alpha value is -1.32. The van der Waals surface area contributed by atoms with E-state index in [0.717, 1.165) is 18.1 Å². The molecule has 4 heteroatoms. The molecule has 0 bridgehead atoms. The molecule has 0 aromatic carbocycles. The highest BCUT2D eigenvalue weighted by molar-refractivity contribution is 5.42. The lowest BCUT2D eigenvalue weighted by atomic mass is 9.67. The summed E-state index contributed by atoms with van der Waals surface area (Å²) in [5, 5.41) is 6.45. The van der Waals surface area contributed by atoms with Crippen LogP contribution in [0.25, 0.3) is 0 Å². The predicted octanol–water partition coefficient (Wildman–Crippen LogP) is 2.82. The number of rotatable bonds is 5. The van der Waals surface area contributed by atoms with Gasteiger partial charge in [-0.05, 0) is 31.6 Å². The van der Waals surface area contributed by atoms with Crippen LogP contribution in [0.1, 0.15) is 38.3 Å². The molecule has 2 N–H and O–H groups in total. The summed E-state index contributed by atoms with van der Waals surface area (Å²) in [5.74, 6) is 1.62. The summed E-state index contributed by atoms with van der Waals surface area (Å²) < 4.78 is 0. The lowest BCUT2D eigenvalue weighted by molar-refractivity contribution is 0.145. The van der Waals surface area contributed by atoms with Crippen molar-refractivity contribution in [2.45, 2.75) is 39.5 Å². The van der Waals surface area contributed by atoms with Gasteiger partial charge in [-0.3, -0.25) is 0 Å². The molecule has 0 saturated heterocycles. The molecule has 1 aliphatic carbocycles. The van der Waals surface area contributed by atoms with Gasteiger partial charge in [-0.1, -0.05) is 13.3 Å². The molecule has 0 aliphatic heterocycles. The first-order valence-corrected chi connectivity index (χ1v) is 6.45. The molecule has 17 heavy (non-hydrogen) atoms. The van der Waals surface area contributed by atoms with Gasteiger partial charge in [0.1, 0.15) is 5.82 Å². The van der Waals surface area contributed by atoms with Gasteiger partial charge < -0.3 is 10.6 Å². The average Bonchev–Trinajstić information content (AvgIpc) is 2.27. The Morgan fingerprint density at radius 1 is 1.35 bits per heavy atom. The standard InChI is InChI=1S/C13H22N4/c1-4-13(6-5-7-13)9-15-11-8-10(2)16-12(14-3)17-11/h8H,4-7,9H2,1-3H3,(H2,14,15,16,17). The number of aromatic nitrogens is 2. The van der Waals surface area contributed by atoms with Gasteiger partial charge >= 0.3 is 0 Å². The zero-order valence-electron chi connectivity index (χ0n) is 11.0.